The second-order valence-electron chi connectivity index (χ2n) is 6.74. The van der Waals surface area contributed by atoms with E-state index in [4.69, 9.17) is 9.47 Å². The van der Waals surface area contributed by atoms with Gasteiger partial charge in [0.1, 0.15) is 11.6 Å². The lowest BCUT2D eigenvalue weighted by atomic mass is 10.1. The highest BCUT2D eigenvalue weighted by atomic mass is 19.1. The van der Waals surface area contributed by atoms with Crippen LogP contribution in [0.1, 0.15) is 22.8 Å². The zero-order valence-electron chi connectivity index (χ0n) is 16.7. The van der Waals surface area contributed by atoms with Crippen LogP contribution in [0.4, 0.5) is 10.1 Å². The highest BCUT2D eigenvalue weighted by Gasteiger charge is 2.26. The van der Waals surface area contributed by atoms with E-state index in [2.05, 4.69) is 5.32 Å². The van der Waals surface area contributed by atoms with Crippen molar-refractivity contribution in [3.63, 3.8) is 0 Å². The third kappa shape index (κ3) is 5.23. The summed E-state index contributed by atoms with van der Waals surface area (Å²) in [5.41, 5.74) is 2.10. The molecule has 1 N–H and O–H groups in total. The molecule has 0 saturated heterocycles. The van der Waals surface area contributed by atoms with Crippen LogP contribution in [0.3, 0.4) is 0 Å². The number of methoxy groups -OCH3 is 1. The second-order valence-corrected chi connectivity index (χ2v) is 6.74. The first-order valence-electron chi connectivity index (χ1n) is 9.41. The molecular formula is C24H22FNO4. The molecule has 0 spiro atoms. The summed E-state index contributed by atoms with van der Waals surface area (Å²) in [7, 11) is 1.50. The van der Waals surface area contributed by atoms with Crippen molar-refractivity contribution in [2.75, 3.05) is 12.4 Å². The number of aryl methyl sites for hydroxylation is 1. The normalized spacial score (nSPS) is 11.4. The Morgan fingerprint density at radius 3 is 2.40 bits per heavy atom. The van der Waals surface area contributed by atoms with Crippen molar-refractivity contribution in [1.82, 2.24) is 0 Å². The molecule has 3 aromatic rings. The van der Waals surface area contributed by atoms with Gasteiger partial charge in [-0.1, -0.05) is 54.6 Å². The van der Waals surface area contributed by atoms with E-state index in [9.17, 15) is 14.0 Å². The molecule has 3 rings (SSSR count). The molecule has 1 atom stereocenters. The SMILES string of the molecule is COc1ccc(C)cc1NC(=O)C(OC(=O)Cc1ccccc1F)c1ccccc1. The molecule has 0 aliphatic rings. The highest BCUT2D eigenvalue weighted by molar-refractivity contribution is 5.97. The topological polar surface area (TPSA) is 64.6 Å². The number of ether oxygens (including phenoxy) is 2. The molecule has 0 fully saturated rings. The largest absolute Gasteiger partial charge is 0.495 e. The highest BCUT2D eigenvalue weighted by Crippen LogP contribution is 2.28. The van der Waals surface area contributed by atoms with Crippen molar-refractivity contribution in [2.24, 2.45) is 0 Å². The predicted molar refractivity (Wildman–Crippen MR) is 112 cm³/mol. The van der Waals surface area contributed by atoms with Crippen LogP contribution in [0.25, 0.3) is 0 Å². The first-order chi connectivity index (χ1) is 14.5. The second kappa shape index (κ2) is 9.69. The number of halogens is 1. The molecule has 1 unspecified atom stereocenters. The molecule has 0 heterocycles. The maximum Gasteiger partial charge on any atom is 0.311 e. The van der Waals surface area contributed by atoms with Crippen LogP contribution in [0.5, 0.6) is 5.75 Å². The summed E-state index contributed by atoms with van der Waals surface area (Å²) in [6.07, 6.45) is -1.48. The average Bonchev–Trinajstić information content (AvgIpc) is 2.74. The van der Waals surface area contributed by atoms with Crippen LogP contribution >= 0.6 is 0 Å². The fraction of sp³-hybridized carbons (Fsp3) is 0.167. The minimum atomic E-state index is -1.20. The van der Waals surface area contributed by atoms with Gasteiger partial charge >= 0.3 is 5.97 Å². The number of rotatable bonds is 7. The molecular weight excluding hydrogens is 385 g/mol. The molecule has 30 heavy (non-hydrogen) atoms. The molecule has 154 valence electrons. The van der Waals surface area contributed by atoms with E-state index < -0.39 is 23.8 Å². The Hall–Kier alpha value is -3.67. The zero-order valence-corrected chi connectivity index (χ0v) is 16.7. The maximum absolute atomic E-state index is 13.9. The van der Waals surface area contributed by atoms with Crippen LogP contribution in [-0.4, -0.2) is 19.0 Å². The van der Waals surface area contributed by atoms with Gasteiger partial charge in [0.25, 0.3) is 5.91 Å². The van der Waals surface area contributed by atoms with Crippen LogP contribution in [0, 0.1) is 12.7 Å². The molecule has 0 aliphatic carbocycles. The lowest BCUT2D eigenvalue weighted by molar-refractivity contribution is -0.154. The van der Waals surface area contributed by atoms with Crippen molar-refractivity contribution >= 4 is 17.6 Å². The van der Waals surface area contributed by atoms with Gasteiger partial charge in [0.05, 0.1) is 19.2 Å². The smallest absolute Gasteiger partial charge is 0.311 e. The van der Waals surface area contributed by atoms with E-state index in [0.717, 1.165) is 5.56 Å². The Morgan fingerprint density at radius 1 is 1.00 bits per heavy atom. The third-order valence-corrected chi connectivity index (χ3v) is 4.50. The fourth-order valence-corrected chi connectivity index (χ4v) is 2.99. The molecule has 5 nitrogen and oxygen atoms in total. The Bertz CT molecular complexity index is 1040. The van der Waals surface area contributed by atoms with Gasteiger partial charge in [-0.25, -0.2) is 4.39 Å². The zero-order chi connectivity index (χ0) is 21.5. The monoisotopic (exact) mass is 407 g/mol. The Kier molecular flexibility index (Phi) is 6.80. The number of carbonyl (C=O) groups is 2. The summed E-state index contributed by atoms with van der Waals surface area (Å²) in [6.45, 7) is 1.89. The summed E-state index contributed by atoms with van der Waals surface area (Å²) in [4.78, 5) is 25.5. The maximum atomic E-state index is 13.9. The quantitative estimate of drug-likeness (QED) is 0.581. The molecule has 0 aromatic heterocycles. The Morgan fingerprint density at radius 2 is 1.70 bits per heavy atom. The minimum Gasteiger partial charge on any atom is -0.495 e. The van der Waals surface area contributed by atoms with E-state index in [1.165, 1.54) is 19.2 Å². The third-order valence-electron chi connectivity index (χ3n) is 4.50. The number of amides is 1. The van der Waals surface area contributed by atoms with Crippen molar-refractivity contribution in [3.8, 4) is 5.75 Å². The van der Waals surface area contributed by atoms with Crippen molar-refractivity contribution in [1.29, 1.82) is 0 Å². The Labute approximate surface area is 174 Å². The van der Waals surface area contributed by atoms with E-state index >= 15 is 0 Å². The number of esters is 1. The summed E-state index contributed by atoms with van der Waals surface area (Å²) >= 11 is 0. The van der Waals surface area contributed by atoms with Gasteiger partial charge in [0, 0.05) is 5.56 Å². The first-order valence-corrected chi connectivity index (χ1v) is 9.41. The van der Waals surface area contributed by atoms with E-state index in [1.807, 2.05) is 13.0 Å². The number of nitrogens with one attached hydrogen (secondary N) is 1. The molecule has 6 heteroatoms. The summed E-state index contributed by atoms with van der Waals surface area (Å²) in [5, 5.41) is 2.77. The predicted octanol–water partition coefficient (Wildman–Crippen LogP) is 4.61. The van der Waals surface area contributed by atoms with Crippen LogP contribution in [-0.2, 0) is 20.7 Å². The number of benzene rings is 3. The molecule has 1 amide bonds. The van der Waals surface area contributed by atoms with Gasteiger partial charge < -0.3 is 14.8 Å². The van der Waals surface area contributed by atoms with Crippen molar-refractivity contribution < 1.29 is 23.5 Å². The van der Waals surface area contributed by atoms with E-state index in [-0.39, 0.29) is 12.0 Å². The lowest BCUT2D eigenvalue weighted by Gasteiger charge is -2.19. The number of anilines is 1. The van der Waals surface area contributed by atoms with Gasteiger partial charge in [0.2, 0.25) is 6.10 Å². The van der Waals surface area contributed by atoms with Crippen LogP contribution < -0.4 is 10.1 Å². The van der Waals surface area contributed by atoms with Crippen LogP contribution in [0.2, 0.25) is 0 Å². The van der Waals surface area contributed by atoms with Gasteiger partial charge in [-0.3, -0.25) is 9.59 Å². The van der Waals surface area contributed by atoms with E-state index in [1.54, 1.807) is 54.6 Å². The van der Waals surface area contributed by atoms with Crippen LogP contribution in [0.15, 0.2) is 72.8 Å². The average molecular weight is 407 g/mol. The molecule has 3 aromatic carbocycles. The minimum absolute atomic E-state index is 0.204. The van der Waals surface area contributed by atoms with Gasteiger partial charge in [0.15, 0.2) is 0 Å². The first kappa shape index (κ1) is 21.0. The fourth-order valence-electron chi connectivity index (χ4n) is 2.99. The van der Waals surface area contributed by atoms with Crippen molar-refractivity contribution in [2.45, 2.75) is 19.4 Å². The summed E-state index contributed by atoms with van der Waals surface area (Å²) in [5.74, 6) is -1.26. The van der Waals surface area contributed by atoms with Gasteiger partial charge in [-0.2, -0.15) is 0 Å². The van der Waals surface area contributed by atoms with Gasteiger partial charge in [-0.05, 0) is 36.2 Å². The number of carbonyl (C=O) groups excluding carboxylic acids is 2. The van der Waals surface area contributed by atoms with Crippen molar-refractivity contribution in [3.05, 3.63) is 95.3 Å². The summed E-state index contributed by atoms with van der Waals surface area (Å²) in [6, 6.07) is 20.0. The standard InChI is InChI=1S/C24H22FNO4/c1-16-12-13-21(29-2)20(14-16)26-24(28)23(17-8-4-3-5-9-17)30-22(27)15-18-10-6-7-11-19(18)25/h3-14,23H,15H2,1-2H3,(H,26,28). The summed E-state index contributed by atoms with van der Waals surface area (Å²) < 4.78 is 24.6. The number of hydrogen-bond donors (Lipinski definition) is 1. The lowest BCUT2D eigenvalue weighted by Crippen LogP contribution is -2.26. The Balaban J connectivity index is 1.82. The van der Waals surface area contributed by atoms with Gasteiger partial charge in [-0.15, -0.1) is 0 Å². The molecule has 0 saturated carbocycles. The molecule has 0 aliphatic heterocycles. The van der Waals surface area contributed by atoms with E-state index in [0.29, 0.717) is 17.0 Å². The molecule has 0 radical (unpaired) electrons. The number of hydrogen-bond acceptors (Lipinski definition) is 4. The molecule has 0 bridgehead atoms.